The summed E-state index contributed by atoms with van der Waals surface area (Å²) >= 11 is 0. The molecule has 0 aromatic rings. The topological polar surface area (TPSA) is 38.7 Å². The Morgan fingerprint density at radius 2 is 1.64 bits per heavy atom. The first-order valence-electron chi connectivity index (χ1n) is 12.3. The van der Waals surface area contributed by atoms with Gasteiger partial charge in [0.2, 0.25) is 0 Å². The Balaban J connectivity index is 1.43. The molecule has 4 aliphatic carbocycles. The van der Waals surface area contributed by atoms with Crippen molar-refractivity contribution in [3.63, 3.8) is 0 Å². The molecule has 1 heterocycles. The molecule has 4 saturated carbocycles. The summed E-state index contributed by atoms with van der Waals surface area (Å²) in [5.74, 6) is 3.47. The van der Waals surface area contributed by atoms with Crippen molar-refractivity contribution in [2.45, 2.75) is 103 Å². The largest absolute Gasteiger partial charge is 0.389 e. The summed E-state index contributed by atoms with van der Waals surface area (Å²) in [6, 6.07) is 0. The second-order valence-corrected chi connectivity index (χ2v) is 11.7. The van der Waals surface area contributed by atoms with E-state index in [0.717, 1.165) is 69.0 Å². The Hall–Kier alpha value is -0.120. The van der Waals surface area contributed by atoms with Crippen LogP contribution in [0.25, 0.3) is 0 Å². The molecule has 1 N–H and O–H groups in total. The third-order valence-electron chi connectivity index (χ3n) is 11.0. The van der Waals surface area contributed by atoms with Gasteiger partial charge in [0.15, 0.2) is 5.79 Å². The highest BCUT2D eigenvalue weighted by Gasteiger charge is 2.66. The third kappa shape index (κ3) is 2.45. The fourth-order valence-corrected chi connectivity index (χ4v) is 9.37. The molecule has 8 atom stereocenters. The van der Waals surface area contributed by atoms with Crippen LogP contribution in [0.1, 0.15) is 91.9 Å². The standard InChI is InChI=1S/C25H42O3/c1-5-10-24(26)12-9-20-19-7-6-18-16-25(27-13-14-28-25)15-17(2)23(18,4)21(19)8-11-22(20,24)3/h17-21,26H,5-16H2,1-4H3/t17-,18-,19-,20-,21-,22-,23-,24-/m0/s1. The summed E-state index contributed by atoms with van der Waals surface area (Å²) in [5, 5.41) is 11.6. The van der Waals surface area contributed by atoms with Crippen LogP contribution in [-0.4, -0.2) is 29.7 Å². The fraction of sp³-hybridized carbons (Fsp3) is 1.00. The van der Waals surface area contributed by atoms with E-state index in [9.17, 15) is 5.11 Å². The number of aliphatic hydroxyl groups is 1. The van der Waals surface area contributed by atoms with Crippen molar-refractivity contribution in [1.82, 2.24) is 0 Å². The fourth-order valence-electron chi connectivity index (χ4n) is 9.37. The molecule has 1 saturated heterocycles. The van der Waals surface area contributed by atoms with Crippen molar-refractivity contribution in [3.05, 3.63) is 0 Å². The summed E-state index contributed by atoms with van der Waals surface area (Å²) in [6.45, 7) is 11.3. The molecule has 5 rings (SSSR count). The predicted octanol–water partition coefficient (Wildman–Crippen LogP) is 5.55. The van der Waals surface area contributed by atoms with E-state index in [-0.39, 0.29) is 11.2 Å². The summed E-state index contributed by atoms with van der Waals surface area (Å²) in [5.41, 5.74) is 0.142. The molecular formula is C25H42O3. The zero-order valence-corrected chi connectivity index (χ0v) is 18.6. The van der Waals surface area contributed by atoms with Gasteiger partial charge in [-0.15, -0.1) is 0 Å². The van der Waals surface area contributed by atoms with Crippen LogP contribution in [0.5, 0.6) is 0 Å². The van der Waals surface area contributed by atoms with Crippen LogP contribution >= 0.6 is 0 Å². The summed E-state index contributed by atoms with van der Waals surface area (Å²) < 4.78 is 12.3. The van der Waals surface area contributed by atoms with Crippen LogP contribution in [0.3, 0.4) is 0 Å². The molecule has 5 fully saturated rings. The van der Waals surface area contributed by atoms with Gasteiger partial charge < -0.3 is 14.6 Å². The molecule has 5 aliphatic rings. The number of hydrogen-bond donors (Lipinski definition) is 1. The van der Waals surface area contributed by atoms with Crippen molar-refractivity contribution in [2.75, 3.05) is 13.2 Å². The Kier molecular flexibility index (Phi) is 4.56. The SMILES string of the molecule is CCC[C@]1(O)CC[C@H]2[C@@H]3CC[C@H]4CC5(C[C@H](C)[C@]4(C)[C@H]3CC[C@@]21C)OCCO5. The monoisotopic (exact) mass is 390 g/mol. The minimum absolute atomic E-state index is 0.143. The molecule has 0 aromatic heterocycles. The second kappa shape index (κ2) is 6.44. The third-order valence-corrected chi connectivity index (χ3v) is 11.0. The summed E-state index contributed by atoms with van der Waals surface area (Å²) in [7, 11) is 0. The quantitative estimate of drug-likeness (QED) is 0.672. The Bertz CT molecular complexity index is 613. The molecule has 1 aliphatic heterocycles. The van der Waals surface area contributed by atoms with E-state index in [2.05, 4.69) is 27.7 Å². The number of rotatable bonds is 2. The minimum atomic E-state index is -0.414. The maximum Gasteiger partial charge on any atom is 0.169 e. The van der Waals surface area contributed by atoms with E-state index >= 15 is 0 Å². The molecule has 3 heteroatoms. The molecule has 0 radical (unpaired) electrons. The lowest BCUT2D eigenvalue weighted by Crippen LogP contribution is -2.60. The van der Waals surface area contributed by atoms with Crippen molar-refractivity contribution in [2.24, 2.45) is 40.4 Å². The maximum atomic E-state index is 11.6. The van der Waals surface area contributed by atoms with Crippen molar-refractivity contribution < 1.29 is 14.6 Å². The molecule has 0 bridgehead atoms. The van der Waals surface area contributed by atoms with Gasteiger partial charge in [0.05, 0.1) is 18.8 Å². The van der Waals surface area contributed by atoms with Gasteiger partial charge in [-0.1, -0.05) is 34.1 Å². The smallest absolute Gasteiger partial charge is 0.169 e. The lowest BCUT2D eigenvalue weighted by atomic mass is 9.42. The van der Waals surface area contributed by atoms with Gasteiger partial charge in [0, 0.05) is 12.8 Å². The highest BCUT2D eigenvalue weighted by Crippen LogP contribution is 2.70. The van der Waals surface area contributed by atoms with E-state index in [1.807, 2.05) is 0 Å². The Labute approximate surface area is 171 Å². The van der Waals surface area contributed by atoms with Gasteiger partial charge in [-0.2, -0.15) is 0 Å². The average molecular weight is 391 g/mol. The van der Waals surface area contributed by atoms with Crippen LogP contribution in [0.4, 0.5) is 0 Å². The van der Waals surface area contributed by atoms with Crippen LogP contribution < -0.4 is 0 Å². The van der Waals surface area contributed by atoms with Crippen LogP contribution in [0.15, 0.2) is 0 Å². The first kappa shape index (κ1) is 19.8. The second-order valence-electron chi connectivity index (χ2n) is 11.7. The Morgan fingerprint density at radius 3 is 2.36 bits per heavy atom. The molecule has 0 aromatic carbocycles. The predicted molar refractivity (Wildman–Crippen MR) is 111 cm³/mol. The van der Waals surface area contributed by atoms with Crippen molar-refractivity contribution in [1.29, 1.82) is 0 Å². The molecule has 0 amide bonds. The first-order chi connectivity index (χ1) is 13.3. The van der Waals surface area contributed by atoms with E-state index in [4.69, 9.17) is 9.47 Å². The van der Waals surface area contributed by atoms with Gasteiger partial charge in [-0.3, -0.25) is 0 Å². The zero-order chi connectivity index (χ0) is 19.8. The number of fused-ring (bicyclic) bond motifs is 5. The van der Waals surface area contributed by atoms with Crippen LogP contribution in [-0.2, 0) is 9.47 Å². The van der Waals surface area contributed by atoms with Gasteiger partial charge >= 0.3 is 0 Å². The molecule has 28 heavy (non-hydrogen) atoms. The molecular weight excluding hydrogens is 348 g/mol. The zero-order valence-electron chi connectivity index (χ0n) is 18.6. The summed E-state index contributed by atoms with van der Waals surface area (Å²) in [6.07, 6.45) is 11.8. The number of ether oxygens (including phenoxy) is 2. The molecule has 1 spiro atoms. The first-order valence-corrected chi connectivity index (χ1v) is 12.3. The van der Waals surface area contributed by atoms with Crippen molar-refractivity contribution >= 4 is 0 Å². The van der Waals surface area contributed by atoms with E-state index in [1.165, 1.54) is 32.1 Å². The van der Waals surface area contributed by atoms with E-state index in [1.54, 1.807) is 0 Å². The molecule has 3 nitrogen and oxygen atoms in total. The maximum absolute atomic E-state index is 11.6. The van der Waals surface area contributed by atoms with Crippen LogP contribution in [0, 0.1) is 40.4 Å². The van der Waals surface area contributed by atoms with Gasteiger partial charge in [0.1, 0.15) is 0 Å². The minimum Gasteiger partial charge on any atom is -0.389 e. The van der Waals surface area contributed by atoms with Crippen LogP contribution in [0.2, 0.25) is 0 Å². The molecule has 0 unspecified atom stereocenters. The van der Waals surface area contributed by atoms with Gasteiger partial charge in [-0.25, -0.2) is 0 Å². The Morgan fingerprint density at radius 1 is 0.929 bits per heavy atom. The van der Waals surface area contributed by atoms with E-state index in [0.29, 0.717) is 11.3 Å². The van der Waals surface area contributed by atoms with Crippen molar-refractivity contribution in [3.8, 4) is 0 Å². The van der Waals surface area contributed by atoms with E-state index < -0.39 is 5.60 Å². The highest BCUT2D eigenvalue weighted by atomic mass is 16.7. The van der Waals surface area contributed by atoms with Gasteiger partial charge in [-0.05, 0) is 85.4 Å². The average Bonchev–Trinajstić information content (AvgIpc) is 3.20. The lowest BCUT2D eigenvalue weighted by molar-refractivity contribution is -0.250. The van der Waals surface area contributed by atoms with Gasteiger partial charge in [0.25, 0.3) is 0 Å². The lowest BCUT2D eigenvalue weighted by Gasteiger charge is -2.64. The normalized spacial score (nSPS) is 55.0. The number of hydrogen-bond acceptors (Lipinski definition) is 3. The summed E-state index contributed by atoms with van der Waals surface area (Å²) in [4.78, 5) is 0. The molecule has 160 valence electrons. The highest BCUT2D eigenvalue weighted by molar-refractivity contribution is 5.15.